The highest BCUT2D eigenvalue weighted by Crippen LogP contribution is 2.11. The van der Waals surface area contributed by atoms with Crippen molar-refractivity contribution in [2.75, 3.05) is 13.6 Å². The Morgan fingerprint density at radius 2 is 2.10 bits per heavy atom. The Morgan fingerprint density at radius 3 is 2.81 bits per heavy atom. The van der Waals surface area contributed by atoms with Crippen LogP contribution in [0.1, 0.15) is 28.5 Å². The molecule has 2 rings (SSSR count). The van der Waals surface area contributed by atoms with Crippen LogP contribution in [0.25, 0.3) is 0 Å². The summed E-state index contributed by atoms with van der Waals surface area (Å²) in [5.41, 5.74) is 2.44. The second kappa shape index (κ2) is 7.04. The van der Waals surface area contributed by atoms with Crippen LogP contribution in [0.4, 0.5) is 0 Å². The van der Waals surface area contributed by atoms with Gasteiger partial charge in [-0.3, -0.25) is 4.68 Å². The van der Waals surface area contributed by atoms with Crippen LogP contribution in [-0.4, -0.2) is 39.3 Å². The standard InChI is InChI=1S/C16H21N3O2/c1-3-19-14(8-10-17-19)12-18(2)11-9-13-6-4-5-7-15(13)16(20)21/h4-8,10H,3,9,11-12H2,1-2H3,(H,20,21). The van der Waals surface area contributed by atoms with Crippen molar-refractivity contribution in [2.45, 2.75) is 26.4 Å². The number of aromatic nitrogens is 2. The molecule has 0 atom stereocenters. The summed E-state index contributed by atoms with van der Waals surface area (Å²) in [6, 6.07) is 9.20. The van der Waals surface area contributed by atoms with E-state index in [-0.39, 0.29) is 0 Å². The van der Waals surface area contributed by atoms with E-state index in [0.717, 1.165) is 31.6 Å². The van der Waals surface area contributed by atoms with E-state index >= 15 is 0 Å². The summed E-state index contributed by atoms with van der Waals surface area (Å²) in [5.74, 6) is -0.864. The van der Waals surface area contributed by atoms with Crippen LogP contribution >= 0.6 is 0 Å². The van der Waals surface area contributed by atoms with Crippen LogP contribution in [0.5, 0.6) is 0 Å². The third-order valence-electron chi connectivity index (χ3n) is 3.55. The van der Waals surface area contributed by atoms with Crippen LogP contribution in [0.2, 0.25) is 0 Å². The molecule has 1 N–H and O–H groups in total. The molecule has 0 aliphatic rings. The summed E-state index contributed by atoms with van der Waals surface area (Å²) in [6.45, 7) is 4.54. The van der Waals surface area contributed by atoms with E-state index in [0.29, 0.717) is 5.56 Å². The number of likely N-dealkylation sites (N-methyl/N-ethyl adjacent to an activating group) is 1. The van der Waals surface area contributed by atoms with Gasteiger partial charge < -0.3 is 10.0 Å². The van der Waals surface area contributed by atoms with Crippen molar-refractivity contribution in [3.05, 3.63) is 53.3 Å². The Morgan fingerprint density at radius 1 is 1.33 bits per heavy atom. The van der Waals surface area contributed by atoms with Crippen molar-refractivity contribution in [3.8, 4) is 0 Å². The largest absolute Gasteiger partial charge is 0.478 e. The summed E-state index contributed by atoms with van der Waals surface area (Å²) in [5, 5.41) is 13.4. The van der Waals surface area contributed by atoms with E-state index in [1.54, 1.807) is 12.1 Å². The normalized spacial score (nSPS) is 11.0. The van der Waals surface area contributed by atoms with E-state index in [4.69, 9.17) is 0 Å². The smallest absolute Gasteiger partial charge is 0.335 e. The molecular formula is C16H21N3O2. The number of nitrogens with zero attached hydrogens (tertiary/aromatic N) is 3. The molecule has 0 bridgehead atoms. The van der Waals surface area contributed by atoms with Crippen molar-refractivity contribution in [1.29, 1.82) is 0 Å². The Kier molecular flexibility index (Phi) is 5.11. The third kappa shape index (κ3) is 3.92. The zero-order chi connectivity index (χ0) is 15.2. The van der Waals surface area contributed by atoms with Crippen molar-refractivity contribution in [3.63, 3.8) is 0 Å². The van der Waals surface area contributed by atoms with Crippen molar-refractivity contribution >= 4 is 5.97 Å². The van der Waals surface area contributed by atoms with Crippen LogP contribution in [0, 0.1) is 0 Å². The van der Waals surface area contributed by atoms with Gasteiger partial charge in [-0.25, -0.2) is 4.79 Å². The van der Waals surface area contributed by atoms with Gasteiger partial charge in [0.05, 0.1) is 11.3 Å². The predicted molar refractivity (Wildman–Crippen MR) is 81.3 cm³/mol. The van der Waals surface area contributed by atoms with Gasteiger partial charge in [0.15, 0.2) is 0 Å². The quantitative estimate of drug-likeness (QED) is 0.848. The average Bonchev–Trinajstić information content (AvgIpc) is 2.92. The molecule has 21 heavy (non-hydrogen) atoms. The molecule has 1 aromatic heterocycles. The maximum absolute atomic E-state index is 11.2. The summed E-state index contributed by atoms with van der Waals surface area (Å²) >= 11 is 0. The third-order valence-corrected chi connectivity index (χ3v) is 3.55. The van der Waals surface area contributed by atoms with Crippen molar-refractivity contribution in [1.82, 2.24) is 14.7 Å². The van der Waals surface area contributed by atoms with E-state index in [1.165, 1.54) is 5.69 Å². The highest BCUT2D eigenvalue weighted by molar-refractivity contribution is 5.89. The minimum atomic E-state index is -0.864. The number of hydrogen-bond acceptors (Lipinski definition) is 3. The number of benzene rings is 1. The van der Waals surface area contributed by atoms with Gasteiger partial charge in [0.1, 0.15) is 0 Å². The SMILES string of the molecule is CCn1nccc1CN(C)CCc1ccccc1C(=O)O. The second-order valence-electron chi connectivity index (χ2n) is 5.09. The highest BCUT2D eigenvalue weighted by atomic mass is 16.4. The zero-order valence-corrected chi connectivity index (χ0v) is 12.5. The molecule has 0 aliphatic carbocycles. The maximum Gasteiger partial charge on any atom is 0.335 e. The molecule has 0 amide bonds. The summed E-state index contributed by atoms with van der Waals surface area (Å²) < 4.78 is 1.97. The van der Waals surface area contributed by atoms with Crippen LogP contribution in [0.3, 0.4) is 0 Å². The fourth-order valence-electron chi connectivity index (χ4n) is 2.39. The maximum atomic E-state index is 11.2. The van der Waals surface area contributed by atoms with Gasteiger partial charge in [-0.05, 0) is 38.1 Å². The van der Waals surface area contributed by atoms with Gasteiger partial charge in [0.2, 0.25) is 0 Å². The summed E-state index contributed by atoms with van der Waals surface area (Å²) in [6.07, 6.45) is 2.53. The Bertz CT molecular complexity index is 607. The molecule has 1 aromatic carbocycles. The first kappa shape index (κ1) is 15.3. The fourth-order valence-corrected chi connectivity index (χ4v) is 2.39. The topological polar surface area (TPSA) is 58.4 Å². The predicted octanol–water partition coefficient (Wildman–Crippen LogP) is 2.28. The summed E-state index contributed by atoms with van der Waals surface area (Å²) in [4.78, 5) is 13.4. The summed E-state index contributed by atoms with van der Waals surface area (Å²) in [7, 11) is 2.04. The number of aromatic carboxylic acids is 1. The van der Waals surface area contributed by atoms with E-state index in [2.05, 4.69) is 16.9 Å². The Labute approximate surface area is 124 Å². The van der Waals surface area contributed by atoms with Crippen LogP contribution in [-0.2, 0) is 19.5 Å². The number of rotatable bonds is 7. The molecule has 5 heteroatoms. The Hall–Kier alpha value is -2.14. The minimum absolute atomic E-state index is 0.393. The molecule has 0 spiro atoms. The molecule has 0 unspecified atom stereocenters. The highest BCUT2D eigenvalue weighted by Gasteiger charge is 2.10. The average molecular weight is 287 g/mol. The van der Waals surface area contributed by atoms with E-state index < -0.39 is 5.97 Å². The fraction of sp³-hybridized carbons (Fsp3) is 0.375. The van der Waals surface area contributed by atoms with Crippen molar-refractivity contribution < 1.29 is 9.90 Å². The molecule has 1 heterocycles. The van der Waals surface area contributed by atoms with Gasteiger partial charge in [-0.1, -0.05) is 18.2 Å². The number of carboxylic acids is 1. The van der Waals surface area contributed by atoms with Crippen molar-refractivity contribution in [2.24, 2.45) is 0 Å². The lowest BCUT2D eigenvalue weighted by atomic mass is 10.0. The molecule has 0 aliphatic heterocycles. The van der Waals surface area contributed by atoms with E-state index in [9.17, 15) is 9.90 Å². The Balaban J connectivity index is 1.95. The first-order valence-electron chi connectivity index (χ1n) is 7.12. The molecule has 5 nitrogen and oxygen atoms in total. The molecule has 0 radical (unpaired) electrons. The number of carbonyl (C=O) groups is 1. The molecular weight excluding hydrogens is 266 g/mol. The molecule has 0 saturated heterocycles. The van der Waals surface area contributed by atoms with Gasteiger partial charge in [0.25, 0.3) is 0 Å². The first-order chi connectivity index (χ1) is 10.1. The molecule has 0 fully saturated rings. The number of hydrogen-bond donors (Lipinski definition) is 1. The number of carboxylic acid groups (broad SMARTS) is 1. The number of aryl methyl sites for hydroxylation is 1. The van der Waals surface area contributed by atoms with Gasteiger partial charge in [-0.2, -0.15) is 5.10 Å². The lowest BCUT2D eigenvalue weighted by molar-refractivity contribution is 0.0695. The first-order valence-corrected chi connectivity index (χ1v) is 7.12. The van der Waals surface area contributed by atoms with Gasteiger partial charge in [0, 0.05) is 25.8 Å². The van der Waals surface area contributed by atoms with Crippen LogP contribution in [0.15, 0.2) is 36.5 Å². The molecule has 112 valence electrons. The molecule has 2 aromatic rings. The second-order valence-corrected chi connectivity index (χ2v) is 5.09. The molecule has 0 saturated carbocycles. The van der Waals surface area contributed by atoms with Gasteiger partial charge >= 0.3 is 5.97 Å². The zero-order valence-electron chi connectivity index (χ0n) is 12.5. The minimum Gasteiger partial charge on any atom is -0.478 e. The van der Waals surface area contributed by atoms with Crippen LogP contribution < -0.4 is 0 Å². The van der Waals surface area contributed by atoms with Gasteiger partial charge in [-0.15, -0.1) is 0 Å². The lowest BCUT2D eigenvalue weighted by Crippen LogP contribution is -2.23. The van der Waals surface area contributed by atoms with E-state index in [1.807, 2.05) is 36.1 Å². The lowest BCUT2D eigenvalue weighted by Gasteiger charge is -2.17. The monoisotopic (exact) mass is 287 g/mol.